The van der Waals surface area contributed by atoms with E-state index in [0.717, 1.165) is 16.6 Å². The second kappa shape index (κ2) is 10.5. The first-order valence-electron chi connectivity index (χ1n) is 11.4. The van der Waals surface area contributed by atoms with E-state index in [4.69, 9.17) is 27.9 Å². The Kier molecular flexibility index (Phi) is 7.01. The molecule has 1 unspecified atom stereocenters. The number of fused-ring (bicyclic) bond motifs is 1. The minimum Gasteiger partial charge on any atom is -0.497 e. The molecular formula is C28H22Cl2N4O3. The Bertz CT molecular complexity index is 1550. The van der Waals surface area contributed by atoms with Crippen molar-refractivity contribution in [3.05, 3.63) is 106 Å². The molecule has 0 spiro atoms. The number of carbonyl (C=O) groups excluding carboxylic acids is 1. The van der Waals surface area contributed by atoms with Gasteiger partial charge in [-0.1, -0.05) is 29.3 Å². The minimum absolute atomic E-state index is 0.209. The van der Waals surface area contributed by atoms with E-state index in [1.165, 1.54) is 0 Å². The molecule has 186 valence electrons. The Morgan fingerprint density at radius 2 is 1.62 bits per heavy atom. The Balaban J connectivity index is 1.30. The molecule has 7 nitrogen and oxygen atoms in total. The molecule has 0 bridgehead atoms. The van der Waals surface area contributed by atoms with E-state index in [-0.39, 0.29) is 5.91 Å². The zero-order valence-electron chi connectivity index (χ0n) is 19.6. The molecule has 4 aromatic carbocycles. The van der Waals surface area contributed by atoms with Crippen molar-refractivity contribution in [2.45, 2.75) is 6.23 Å². The minimum atomic E-state index is -1.08. The number of rotatable bonds is 7. The van der Waals surface area contributed by atoms with Gasteiger partial charge in [0, 0.05) is 38.1 Å². The third-order valence-corrected chi connectivity index (χ3v) is 6.49. The van der Waals surface area contributed by atoms with Crippen LogP contribution in [0.25, 0.3) is 22.4 Å². The quantitative estimate of drug-likeness (QED) is 0.171. The zero-order chi connectivity index (χ0) is 25.9. The molecular weight excluding hydrogens is 511 g/mol. The van der Waals surface area contributed by atoms with Gasteiger partial charge in [-0.2, -0.15) is 0 Å². The molecule has 1 heterocycles. The normalized spacial score (nSPS) is 11.8. The molecule has 0 aliphatic rings. The lowest BCUT2D eigenvalue weighted by atomic mass is 10.1. The van der Waals surface area contributed by atoms with Crippen molar-refractivity contribution in [1.29, 1.82) is 0 Å². The van der Waals surface area contributed by atoms with Crippen molar-refractivity contribution < 1.29 is 14.6 Å². The smallest absolute Gasteiger partial charge is 0.255 e. The summed E-state index contributed by atoms with van der Waals surface area (Å²) in [5.74, 6) is 1.16. The number of aliphatic hydroxyl groups excluding tert-OH is 1. The van der Waals surface area contributed by atoms with Crippen LogP contribution in [-0.4, -0.2) is 28.1 Å². The van der Waals surface area contributed by atoms with Crippen LogP contribution in [0.1, 0.15) is 22.1 Å². The molecule has 5 rings (SSSR count). The summed E-state index contributed by atoms with van der Waals surface area (Å²) in [6.45, 7) is 0. The van der Waals surface area contributed by atoms with E-state index in [9.17, 15) is 9.90 Å². The number of hydrogen-bond acceptors (Lipinski definition) is 5. The number of anilines is 2. The Morgan fingerprint density at radius 1 is 0.946 bits per heavy atom. The van der Waals surface area contributed by atoms with Gasteiger partial charge in [-0.15, -0.1) is 0 Å². The number of methoxy groups -OCH3 is 1. The summed E-state index contributed by atoms with van der Waals surface area (Å²) >= 11 is 12.4. The number of nitrogens with zero attached hydrogens (tertiary/aromatic N) is 1. The topological polar surface area (TPSA) is 99.3 Å². The van der Waals surface area contributed by atoms with Crippen molar-refractivity contribution in [3.8, 4) is 17.1 Å². The van der Waals surface area contributed by atoms with Gasteiger partial charge in [0.05, 0.1) is 18.1 Å². The lowest BCUT2D eigenvalue weighted by Crippen LogP contribution is -2.11. The number of nitrogens with one attached hydrogen (secondary N) is 3. The molecule has 1 atom stereocenters. The predicted molar refractivity (Wildman–Crippen MR) is 148 cm³/mol. The lowest BCUT2D eigenvalue weighted by Gasteiger charge is -2.17. The molecule has 0 aliphatic heterocycles. The second-order valence-electron chi connectivity index (χ2n) is 8.26. The summed E-state index contributed by atoms with van der Waals surface area (Å²) in [6, 6.07) is 24.9. The summed E-state index contributed by atoms with van der Waals surface area (Å²) in [5, 5.41) is 17.3. The fourth-order valence-corrected chi connectivity index (χ4v) is 4.50. The van der Waals surface area contributed by atoms with Gasteiger partial charge in [0.1, 0.15) is 11.6 Å². The highest BCUT2D eigenvalue weighted by atomic mass is 35.5. The van der Waals surface area contributed by atoms with E-state index in [1.807, 2.05) is 42.5 Å². The van der Waals surface area contributed by atoms with Gasteiger partial charge in [0.15, 0.2) is 6.23 Å². The average Bonchev–Trinajstić information content (AvgIpc) is 3.32. The molecule has 0 radical (unpaired) electrons. The maximum Gasteiger partial charge on any atom is 0.255 e. The standard InChI is InChI=1S/C28H22Cl2N4O3/c1-37-20-12-7-17(8-13-20)27(35)31-18-9-5-16(6-10-18)26-33-23-14-11-19(15-24(23)34-26)32-28(36)25-21(29)3-2-4-22(25)30/h2-15,28,32,36H,1H3,(H,31,35)(H,33,34). The number of amides is 1. The van der Waals surface area contributed by atoms with Crippen molar-refractivity contribution in [2.24, 2.45) is 0 Å². The number of benzene rings is 4. The summed E-state index contributed by atoms with van der Waals surface area (Å²) < 4.78 is 5.13. The highest BCUT2D eigenvalue weighted by Gasteiger charge is 2.16. The number of ether oxygens (including phenoxy) is 1. The third kappa shape index (κ3) is 5.39. The Morgan fingerprint density at radius 3 is 2.30 bits per heavy atom. The Labute approximate surface area is 223 Å². The van der Waals surface area contributed by atoms with Gasteiger partial charge in [-0.05, 0) is 78.9 Å². The maximum absolute atomic E-state index is 12.5. The molecule has 1 amide bonds. The number of aliphatic hydroxyl groups is 1. The predicted octanol–water partition coefficient (Wildman–Crippen LogP) is 6.90. The first-order valence-corrected chi connectivity index (χ1v) is 12.1. The maximum atomic E-state index is 12.5. The number of aromatic nitrogens is 2. The van der Waals surface area contributed by atoms with Gasteiger partial charge in [-0.25, -0.2) is 4.98 Å². The van der Waals surface area contributed by atoms with Crippen LogP contribution < -0.4 is 15.4 Å². The van der Waals surface area contributed by atoms with Crippen LogP contribution in [0.3, 0.4) is 0 Å². The number of aromatic amines is 1. The average molecular weight is 533 g/mol. The van der Waals surface area contributed by atoms with Gasteiger partial charge < -0.3 is 25.5 Å². The van der Waals surface area contributed by atoms with Gasteiger partial charge in [-0.3, -0.25) is 4.79 Å². The zero-order valence-corrected chi connectivity index (χ0v) is 21.1. The SMILES string of the molecule is COc1ccc(C(=O)Nc2ccc(-c3nc4ccc(NC(O)c5c(Cl)cccc5Cl)cc4[nH]3)cc2)cc1. The second-order valence-corrected chi connectivity index (χ2v) is 9.07. The van der Waals surface area contributed by atoms with Gasteiger partial charge >= 0.3 is 0 Å². The van der Waals surface area contributed by atoms with Gasteiger partial charge in [0.25, 0.3) is 5.91 Å². The number of halogens is 2. The van der Waals surface area contributed by atoms with E-state index >= 15 is 0 Å². The van der Waals surface area contributed by atoms with E-state index in [1.54, 1.807) is 49.6 Å². The summed E-state index contributed by atoms with van der Waals surface area (Å²) in [4.78, 5) is 20.5. The fraction of sp³-hybridized carbons (Fsp3) is 0.0714. The van der Waals surface area contributed by atoms with Crippen LogP contribution >= 0.6 is 23.2 Å². The molecule has 9 heteroatoms. The van der Waals surface area contributed by atoms with Crippen molar-refractivity contribution in [2.75, 3.05) is 17.7 Å². The summed E-state index contributed by atoms with van der Waals surface area (Å²) in [5.41, 5.74) is 4.69. The number of carbonyl (C=O) groups is 1. The van der Waals surface area contributed by atoms with E-state index < -0.39 is 6.23 Å². The van der Waals surface area contributed by atoms with Crippen LogP contribution in [-0.2, 0) is 0 Å². The molecule has 37 heavy (non-hydrogen) atoms. The monoisotopic (exact) mass is 532 g/mol. The molecule has 0 saturated carbocycles. The largest absolute Gasteiger partial charge is 0.497 e. The first-order chi connectivity index (χ1) is 17.9. The number of H-pyrrole nitrogens is 1. The summed E-state index contributed by atoms with van der Waals surface area (Å²) in [6.07, 6.45) is -1.08. The van der Waals surface area contributed by atoms with Crippen LogP contribution in [0.4, 0.5) is 11.4 Å². The van der Waals surface area contributed by atoms with E-state index in [2.05, 4.69) is 20.6 Å². The van der Waals surface area contributed by atoms with Crippen LogP contribution in [0.5, 0.6) is 5.75 Å². The fourth-order valence-electron chi connectivity index (χ4n) is 3.90. The van der Waals surface area contributed by atoms with Crippen molar-refractivity contribution in [3.63, 3.8) is 0 Å². The molecule has 0 aliphatic carbocycles. The third-order valence-electron chi connectivity index (χ3n) is 5.83. The summed E-state index contributed by atoms with van der Waals surface area (Å²) in [7, 11) is 1.58. The molecule has 0 fully saturated rings. The lowest BCUT2D eigenvalue weighted by molar-refractivity contribution is 0.102. The van der Waals surface area contributed by atoms with Crippen molar-refractivity contribution in [1.82, 2.24) is 9.97 Å². The van der Waals surface area contributed by atoms with E-state index in [0.29, 0.717) is 44.1 Å². The molecule has 4 N–H and O–H groups in total. The van der Waals surface area contributed by atoms with Gasteiger partial charge in [0.2, 0.25) is 0 Å². The van der Waals surface area contributed by atoms with Crippen molar-refractivity contribution >= 4 is 51.5 Å². The highest BCUT2D eigenvalue weighted by molar-refractivity contribution is 6.36. The van der Waals surface area contributed by atoms with Crippen LogP contribution in [0.2, 0.25) is 10.0 Å². The molecule has 0 saturated heterocycles. The Hall–Kier alpha value is -4.04. The number of hydrogen-bond donors (Lipinski definition) is 4. The molecule has 1 aromatic heterocycles. The van der Waals surface area contributed by atoms with Crippen LogP contribution in [0.15, 0.2) is 84.9 Å². The number of imidazole rings is 1. The molecule has 5 aromatic rings. The highest BCUT2D eigenvalue weighted by Crippen LogP contribution is 2.32. The van der Waals surface area contributed by atoms with Crippen LogP contribution in [0, 0.1) is 0 Å². The first kappa shape index (κ1) is 24.6.